The Morgan fingerprint density at radius 3 is 2.96 bits per heavy atom. The maximum atomic E-state index is 12.5. The van der Waals surface area contributed by atoms with Crippen molar-refractivity contribution in [3.05, 3.63) is 23.5 Å². The molecule has 6 nitrogen and oxygen atoms in total. The van der Waals surface area contributed by atoms with Crippen molar-refractivity contribution < 1.29 is 9.21 Å². The van der Waals surface area contributed by atoms with E-state index in [9.17, 15) is 4.79 Å². The lowest BCUT2D eigenvalue weighted by Crippen LogP contribution is -2.35. The van der Waals surface area contributed by atoms with Crippen LogP contribution in [0.3, 0.4) is 0 Å². The fourth-order valence-electron chi connectivity index (χ4n) is 3.43. The lowest BCUT2D eigenvalue weighted by Gasteiger charge is -2.20. The van der Waals surface area contributed by atoms with Gasteiger partial charge in [0.05, 0.1) is 5.57 Å². The van der Waals surface area contributed by atoms with Gasteiger partial charge < -0.3 is 4.42 Å². The third kappa shape index (κ3) is 4.27. The molecule has 0 aromatic carbocycles. The highest BCUT2D eigenvalue weighted by Crippen LogP contribution is 2.35. The van der Waals surface area contributed by atoms with Crippen molar-refractivity contribution in [3.8, 4) is 0 Å². The zero-order chi connectivity index (χ0) is 19.5. The number of carbonyl (C=O) groups is 1. The predicted octanol–water partition coefficient (Wildman–Crippen LogP) is 5.51. The zero-order valence-electron chi connectivity index (χ0n) is 15.9. The molecule has 2 aliphatic heterocycles. The molecule has 0 bridgehead atoms. The van der Waals surface area contributed by atoms with Crippen LogP contribution in [0, 0.1) is 5.41 Å². The highest BCUT2D eigenvalue weighted by Gasteiger charge is 2.35. The minimum Gasteiger partial charge on any atom is -0.450 e. The van der Waals surface area contributed by atoms with Crippen molar-refractivity contribution in [2.45, 2.75) is 68.6 Å². The fraction of sp³-hybridized carbons (Fsp3) is 0.500. The molecule has 0 radical (unpaired) electrons. The van der Waals surface area contributed by atoms with Crippen LogP contribution in [0.15, 0.2) is 37.3 Å². The summed E-state index contributed by atoms with van der Waals surface area (Å²) in [5.41, 5.74) is 0.216. The van der Waals surface area contributed by atoms with Gasteiger partial charge in [-0.05, 0) is 55.7 Å². The van der Waals surface area contributed by atoms with Gasteiger partial charge in [-0.25, -0.2) is 0 Å². The number of furan rings is 1. The number of fused-ring (bicyclic) bond motifs is 1. The van der Waals surface area contributed by atoms with Gasteiger partial charge in [-0.2, -0.15) is 15.1 Å². The SMILES string of the molecule is CCCCC1=NN2C(=N)/C(=C/c3ccc(SC4CCCCC4)o3)C(=O)N=C2S1. The molecule has 0 spiro atoms. The number of hydrogen-bond donors (Lipinski definition) is 1. The number of rotatable bonds is 6. The maximum absolute atomic E-state index is 12.5. The van der Waals surface area contributed by atoms with E-state index in [1.807, 2.05) is 12.1 Å². The predicted molar refractivity (Wildman–Crippen MR) is 116 cm³/mol. The number of unbranched alkanes of at least 4 members (excludes halogenated alkanes) is 1. The first kappa shape index (κ1) is 19.5. The quantitative estimate of drug-likeness (QED) is 0.618. The van der Waals surface area contributed by atoms with Crippen molar-refractivity contribution in [1.29, 1.82) is 5.41 Å². The van der Waals surface area contributed by atoms with Crippen molar-refractivity contribution in [2.75, 3.05) is 0 Å². The number of amidine groups is 2. The Hall–Kier alpha value is -1.80. The molecule has 1 saturated carbocycles. The van der Waals surface area contributed by atoms with E-state index in [-0.39, 0.29) is 11.4 Å². The fourth-order valence-corrected chi connectivity index (χ4v) is 5.54. The molecule has 1 aromatic rings. The molecule has 3 heterocycles. The van der Waals surface area contributed by atoms with Crippen LogP contribution < -0.4 is 0 Å². The van der Waals surface area contributed by atoms with Gasteiger partial charge in [0.15, 0.2) is 10.9 Å². The first-order valence-corrected chi connectivity index (χ1v) is 11.6. The Balaban J connectivity index is 1.48. The van der Waals surface area contributed by atoms with Gasteiger partial charge in [-0.15, -0.1) is 0 Å². The second-order valence-electron chi connectivity index (χ2n) is 7.15. The van der Waals surface area contributed by atoms with E-state index in [2.05, 4.69) is 17.0 Å². The molecule has 148 valence electrons. The Morgan fingerprint density at radius 2 is 2.18 bits per heavy atom. The Morgan fingerprint density at radius 1 is 1.36 bits per heavy atom. The van der Waals surface area contributed by atoms with E-state index >= 15 is 0 Å². The third-order valence-electron chi connectivity index (χ3n) is 4.96. The lowest BCUT2D eigenvalue weighted by atomic mass is 10.0. The summed E-state index contributed by atoms with van der Waals surface area (Å²) in [4.78, 5) is 16.6. The summed E-state index contributed by atoms with van der Waals surface area (Å²) in [6, 6.07) is 3.80. The van der Waals surface area contributed by atoms with Gasteiger partial charge in [0.1, 0.15) is 10.8 Å². The largest absolute Gasteiger partial charge is 0.450 e. The minimum absolute atomic E-state index is 0.0619. The molecule has 28 heavy (non-hydrogen) atoms. The van der Waals surface area contributed by atoms with E-state index in [0.717, 1.165) is 29.4 Å². The Bertz CT molecular complexity index is 865. The first-order valence-electron chi connectivity index (χ1n) is 9.89. The van der Waals surface area contributed by atoms with Crippen LogP contribution in [0.2, 0.25) is 0 Å². The van der Waals surface area contributed by atoms with Crippen LogP contribution in [-0.4, -0.2) is 32.2 Å². The van der Waals surface area contributed by atoms with Crippen molar-refractivity contribution in [1.82, 2.24) is 5.01 Å². The van der Waals surface area contributed by atoms with Gasteiger partial charge in [-0.1, -0.05) is 44.4 Å². The van der Waals surface area contributed by atoms with E-state index in [1.54, 1.807) is 17.8 Å². The summed E-state index contributed by atoms with van der Waals surface area (Å²) in [6.45, 7) is 2.13. The molecular weight excluding hydrogens is 392 g/mol. The molecule has 3 aliphatic rings. The van der Waals surface area contributed by atoms with Crippen LogP contribution in [0.5, 0.6) is 0 Å². The summed E-state index contributed by atoms with van der Waals surface area (Å²) < 4.78 is 5.90. The highest BCUT2D eigenvalue weighted by molar-refractivity contribution is 8.26. The first-order chi connectivity index (χ1) is 13.6. The van der Waals surface area contributed by atoms with Crippen molar-refractivity contribution in [3.63, 3.8) is 0 Å². The Labute approximate surface area is 173 Å². The standard InChI is InChI=1S/C20H24N4O2S2/c1-2-3-9-16-23-24-18(21)15(19(25)22-20(24)28-16)12-13-10-11-17(26-13)27-14-7-5-4-6-8-14/h10-12,14,21H,2-9H2,1H3/b15-12-,21-18?. The number of thioether (sulfide) groups is 2. The van der Waals surface area contributed by atoms with Gasteiger partial charge in [0.2, 0.25) is 5.17 Å². The monoisotopic (exact) mass is 416 g/mol. The summed E-state index contributed by atoms with van der Waals surface area (Å²) in [7, 11) is 0. The van der Waals surface area contributed by atoms with Crippen LogP contribution >= 0.6 is 23.5 Å². The molecule has 1 fully saturated rings. The number of carbonyl (C=O) groups excluding carboxylic acids is 1. The molecule has 1 aliphatic carbocycles. The molecule has 1 N–H and O–H groups in total. The number of nitrogens with zero attached hydrogens (tertiary/aromatic N) is 3. The summed E-state index contributed by atoms with van der Waals surface area (Å²) in [5.74, 6) is 0.229. The number of nitrogens with one attached hydrogen (secondary N) is 1. The van der Waals surface area contributed by atoms with E-state index < -0.39 is 5.91 Å². The van der Waals surface area contributed by atoms with Crippen LogP contribution in [0.25, 0.3) is 6.08 Å². The minimum atomic E-state index is -0.409. The van der Waals surface area contributed by atoms with Gasteiger partial charge in [0.25, 0.3) is 5.91 Å². The topological polar surface area (TPSA) is 82.0 Å². The van der Waals surface area contributed by atoms with Crippen LogP contribution in [0.4, 0.5) is 0 Å². The second kappa shape index (κ2) is 8.69. The zero-order valence-corrected chi connectivity index (χ0v) is 17.6. The number of hydrogen-bond acceptors (Lipinski definition) is 6. The molecule has 4 rings (SSSR count). The van der Waals surface area contributed by atoms with E-state index in [4.69, 9.17) is 9.83 Å². The molecular formula is C20H24N4O2S2. The highest BCUT2D eigenvalue weighted by atomic mass is 32.2. The smallest absolute Gasteiger partial charge is 0.283 e. The van der Waals surface area contributed by atoms with Crippen molar-refractivity contribution >= 4 is 51.6 Å². The van der Waals surface area contributed by atoms with Gasteiger partial charge in [-0.3, -0.25) is 10.2 Å². The molecule has 0 atom stereocenters. The summed E-state index contributed by atoms with van der Waals surface area (Å²) in [5, 5.41) is 17.2. The summed E-state index contributed by atoms with van der Waals surface area (Å²) in [6.07, 6.45) is 10.9. The molecule has 8 heteroatoms. The van der Waals surface area contributed by atoms with Crippen LogP contribution in [-0.2, 0) is 4.79 Å². The Kier molecular flexibility index (Phi) is 6.06. The number of amides is 1. The normalized spacial score (nSPS) is 21.9. The van der Waals surface area contributed by atoms with Crippen LogP contribution in [0.1, 0.15) is 64.1 Å². The van der Waals surface area contributed by atoms with Gasteiger partial charge >= 0.3 is 0 Å². The second-order valence-corrected chi connectivity index (χ2v) is 9.50. The average molecular weight is 417 g/mol. The van der Waals surface area contributed by atoms with E-state index in [1.165, 1.54) is 48.9 Å². The van der Waals surface area contributed by atoms with E-state index in [0.29, 0.717) is 16.2 Å². The van der Waals surface area contributed by atoms with Gasteiger partial charge in [0, 0.05) is 5.25 Å². The maximum Gasteiger partial charge on any atom is 0.283 e. The third-order valence-corrected chi connectivity index (χ3v) is 7.19. The average Bonchev–Trinajstić information content (AvgIpc) is 3.31. The summed E-state index contributed by atoms with van der Waals surface area (Å²) >= 11 is 3.16. The molecule has 1 aromatic heterocycles. The molecule has 0 unspecified atom stereocenters. The lowest BCUT2D eigenvalue weighted by molar-refractivity contribution is -0.114. The van der Waals surface area contributed by atoms with Crippen molar-refractivity contribution in [2.24, 2.45) is 10.1 Å². The number of aliphatic imine (C=N–C) groups is 1. The molecule has 0 saturated heterocycles. The number of hydrazone groups is 1. The molecule has 1 amide bonds.